The summed E-state index contributed by atoms with van der Waals surface area (Å²) in [5, 5.41) is 9.35. The van der Waals surface area contributed by atoms with Crippen molar-refractivity contribution in [1.82, 2.24) is 4.98 Å². The van der Waals surface area contributed by atoms with E-state index in [0.29, 0.717) is 5.69 Å². The molecule has 0 amide bonds. The molecule has 18 heavy (non-hydrogen) atoms. The lowest BCUT2D eigenvalue weighted by molar-refractivity contribution is 0.473. The highest BCUT2D eigenvalue weighted by Gasteiger charge is 2.16. The van der Waals surface area contributed by atoms with E-state index in [4.69, 9.17) is 5.73 Å². The summed E-state index contributed by atoms with van der Waals surface area (Å²) < 4.78 is 26.3. The molecule has 1 heterocycles. The number of nitrogens with two attached hydrogens (primary N) is 1. The van der Waals surface area contributed by atoms with Gasteiger partial charge in [0.05, 0.1) is 6.20 Å². The van der Waals surface area contributed by atoms with Crippen LogP contribution in [-0.2, 0) is 10.0 Å². The van der Waals surface area contributed by atoms with Gasteiger partial charge in [-0.05, 0) is 12.1 Å². The lowest BCUT2D eigenvalue weighted by atomic mass is 10.3. The Morgan fingerprint density at radius 1 is 1.22 bits per heavy atom. The highest BCUT2D eigenvalue weighted by molar-refractivity contribution is 7.92. The van der Waals surface area contributed by atoms with E-state index in [0.717, 1.165) is 12.3 Å². The van der Waals surface area contributed by atoms with E-state index in [2.05, 4.69) is 9.71 Å². The molecule has 0 atom stereocenters. The molecule has 1 aromatic heterocycles. The van der Waals surface area contributed by atoms with Gasteiger partial charge < -0.3 is 10.8 Å². The predicted molar refractivity (Wildman–Crippen MR) is 67.6 cm³/mol. The minimum Gasteiger partial charge on any atom is -0.504 e. The van der Waals surface area contributed by atoms with Gasteiger partial charge in [-0.1, -0.05) is 18.2 Å². The molecule has 0 fully saturated rings. The Bertz CT molecular complexity index is 656. The molecule has 7 heteroatoms. The summed E-state index contributed by atoms with van der Waals surface area (Å²) in [5.41, 5.74) is 5.73. The summed E-state index contributed by atoms with van der Waals surface area (Å²) in [6.07, 6.45) is 1.08. The van der Waals surface area contributed by atoms with Crippen molar-refractivity contribution in [2.75, 3.05) is 10.5 Å². The molecule has 6 nitrogen and oxygen atoms in total. The fourth-order valence-corrected chi connectivity index (χ4v) is 2.33. The fourth-order valence-electron chi connectivity index (χ4n) is 1.31. The van der Waals surface area contributed by atoms with Crippen molar-refractivity contribution in [2.24, 2.45) is 0 Å². The lowest BCUT2D eigenvalue weighted by Crippen LogP contribution is -2.13. The third-order valence-electron chi connectivity index (χ3n) is 2.21. The maximum Gasteiger partial charge on any atom is 0.263 e. The Kier molecular flexibility index (Phi) is 3.07. The molecule has 0 aliphatic carbocycles. The van der Waals surface area contributed by atoms with Gasteiger partial charge in [-0.15, -0.1) is 0 Å². The second-order valence-corrected chi connectivity index (χ2v) is 5.23. The quantitative estimate of drug-likeness (QED) is 0.772. The first-order valence-corrected chi connectivity index (χ1v) is 6.50. The van der Waals surface area contributed by atoms with Crippen molar-refractivity contribution >= 4 is 21.5 Å². The molecule has 2 rings (SSSR count). The number of anilines is 2. The Hall–Kier alpha value is -2.28. The second kappa shape index (κ2) is 4.53. The molecule has 0 aliphatic rings. The average Bonchev–Trinajstić information content (AvgIpc) is 2.33. The number of hydrogen-bond donors (Lipinski definition) is 3. The zero-order valence-electron chi connectivity index (χ0n) is 9.24. The van der Waals surface area contributed by atoms with Gasteiger partial charge in [0, 0.05) is 11.8 Å². The Balaban J connectivity index is 2.34. The summed E-state index contributed by atoms with van der Waals surface area (Å²) in [6.45, 7) is 0. The van der Waals surface area contributed by atoms with Crippen LogP contribution in [-0.4, -0.2) is 18.5 Å². The topological polar surface area (TPSA) is 105 Å². The van der Waals surface area contributed by atoms with Gasteiger partial charge in [-0.2, -0.15) is 0 Å². The van der Waals surface area contributed by atoms with Crippen molar-refractivity contribution in [3.63, 3.8) is 0 Å². The summed E-state index contributed by atoms with van der Waals surface area (Å²) in [7, 11) is -3.78. The first kappa shape index (κ1) is 12.2. The van der Waals surface area contributed by atoms with E-state index in [-0.39, 0.29) is 16.5 Å². The Morgan fingerprint density at radius 3 is 2.50 bits per heavy atom. The normalized spacial score (nSPS) is 11.1. The Morgan fingerprint density at radius 2 is 1.89 bits per heavy atom. The van der Waals surface area contributed by atoms with Gasteiger partial charge in [-0.25, -0.2) is 13.4 Å². The first-order chi connectivity index (χ1) is 8.49. The molecule has 0 saturated carbocycles. The van der Waals surface area contributed by atoms with Crippen LogP contribution in [0.2, 0.25) is 0 Å². The highest BCUT2D eigenvalue weighted by atomic mass is 32.2. The molecule has 0 unspecified atom stereocenters. The fraction of sp³-hybridized carbons (Fsp3) is 0. The molecule has 4 N–H and O–H groups in total. The van der Waals surface area contributed by atoms with Crippen LogP contribution >= 0.6 is 0 Å². The monoisotopic (exact) mass is 265 g/mol. The van der Waals surface area contributed by atoms with E-state index in [1.165, 1.54) is 0 Å². The van der Waals surface area contributed by atoms with Gasteiger partial charge in [0.25, 0.3) is 10.0 Å². The minimum atomic E-state index is -3.78. The van der Waals surface area contributed by atoms with Crippen molar-refractivity contribution in [3.05, 3.63) is 42.6 Å². The number of aromatic hydroxyl groups is 1. The SMILES string of the molecule is Nc1ncc(S(=O)(=O)Nc2ccccc2)cc1O. The Labute approximate surface area is 104 Å². The number of sulfonamides is 1. The van der Waals surface area contributed by atoms with Crippen molar-refractivity contribution < 1.29 is 13.5 Å². The van der Waals surface area contributed by atoms with E-state index in [9.17, 15) is 13.5 Å². The zero-order chi connectivity index (χ0) is 13.2. The number of hydrogen-bond acceptors (Lipinski definition) is 5. The standard InChI is InChI=1S/C11H11N3O3S/c12-11-10(15)6-9(7-13-11)18(16,17)14-8-4-2-1-3-5-8/h1-7,14-15H,(H2,12,13). The van der Waals surface area contributed by atoms with Crippen LogP contribution in [0, 0.1) is 0 Å². The van der Waals surface area contributed by atoms with Crippen molar-refractivity contribution in [2.45, 2.75) is 4.90 Å². The molecule has 94 valence electrons. The molecular formula is C11H11N3O3S. The first-order valence-electron chi connectivity index (χ1n) is 5.01. The van der Waals surface area contributed by atoms with Gasteiger partial charge in [0.15, 0.2) is 11.6 Å². The molecule has 2 aromatic rings. The van der Waals surface area contributed by atoms with E-state index < -0.39 is 10.0 Å². The average molecular weight is 265 g/mol. The maximum absolute atomic E-state index is 12.0. The molecule has 0 bridgehead atoms. The molecule has 0 spiro atoms. The summed E-state index contributed by atoms with van der Waals surface area (Å²) in [6, 6.07) is 9.46. The van der Waals surface area contributed by atoms with Gasteiger partial charge in [0.2, 0.25) is 0 Å². The number of pyridine rings is 1. The van der Waals surface area contributed by atoms with Crippen LogP contribution < -0.4 is 10.5 Å². The number of nitrogens with one attached hydrogen (secondary N) is 1. The number of benzene rings is 1. The van der Waals surface area contributed by atoms with Crippen LogP contribution in [0.3, 0.4) is 0 Å². The number of nitrogens with zero attached hydrogens (tertiary/aromatic N) is 1. The second-order valence-electron chi connectivity index (χ2n) is 3.55. The van der Waals surface area contributed by atoms with Gasteiger partial charge in [0.1, 0.15) is 4.90 Å². The number of rotatable bonds is 3. The zero-order valence-corrected chi connectivity index (χ0v) is 10.1. The van der Waals surface area contributed by atoms with E-state index in [1.807, 2.05) is 0 Å². The van der Waals surface area contributed by atoms with Crippen LogP contribution in [0.5, 0.6) is 5.75 Å². The molecule has 0 saturated heterocycles. The van der Waals surface area contributed by atoms with Gasteiger partial charge >= 0.3 is 0 Å². The largest absolute Gasteiger partial charge is 0.504 e. The number of aromatic nitrogens is 1. The number of para-hydroxylation sites is 1. The third-order valence-corrected chi connectivity index (χ3v) is 3.56. The van der Waals surface area contributed by atoms with Crippen LogP contribution in [0.25, 0.3) is 0 Å². The van der Waals surface area contributed by atoms with Crippen LogP contribution in [0.4, 0.5) is 11.5 Å². The lowest BCUT2D eigenvalue weighted by Gasteiger charge is -2.08. The third kappa shape index (κ3) is 2.51. The summed E-state index contributed by atoms with van der Waals surface area (Å²) in [5.74, 6) is -0.486. The molecule has 1 aromatic carbocycles. The highest BCUT2D eigenvalue weighted by Crippen LogP contribution is 2.22. The number of nitrogen functional groups attached to an aromatic ring is 1. The van der Waals surface area contributed by atoms with Crippen molar-refractivity contribution in [3.8, 4) is 5.75 Å². The van der Waals surface area contributed by atoms with Crippen LogP contribution in [0.15, 0.2) is 47.5 Å². The molecule has 0 radical (unpaired) electrons. The van der Waals surface area contributed by atoms with Gasteiger partial charge in [-0.3, -0.25) is 4.72 Å². The minimum absolute atomic E-state index is 0.117. The van der Waals surface area contributed by atoms with Crippen molar-refractivity contribution in [1.29, 1.82) is 0 Å². The molecular weight excluding hydrogens is 254 g/mol. The van der Waals surface area contributed by atoms with E-state index in [1.54, 1.807) is 30.3 Å². The molecule has 0 aliphatic heterocycles. The van der Waals surface area contributed by atoms with E-state index >= 15 is 0 Å². The summed E-state index contributed by atoms with van der Waals surface area (Å²) in [4.78, 5) is 3.44. The smallest absolute Gasteiger partial charge is 0.263 e. The predicted octanol–water partition coefficient (Wildman–Crippen LogP) is 1.17. The maximum atomic E-state index is 12.0. The summed E-state index contributed by atoms with van der Waals surface area (Å²) >= 11 is 0. The van der Waals surface area contributed by atoms with Crippen LogP contribution in [0.1, 0.15) is 0 Å².